The summed E-state index contributed by atoms with van der Waals surface area (Å²) in [5.41, 5.74) is 3.08. The van der Waals surface area contributed by atoms with Crippen molar-refractivity contribution < 1.29 is 23.9 Å². The topological polar surface area (TPSA) is 95.6 Å². The average molecular weight is 384 g/mol. The Balaban J connectivity index is 1.80. The largest absolute Gasteiger partial charge is 0.396 e. The summed E-state index contributed by atoms with van der Waals surface area (Å²) >= 11 is 0. The number of carbonyl (C=O) groups is 1. The highest BCUT2D eigenvalue weighted by atomic mass is 19.1. The van der Waals surface area contributed by atoms with Gasteiger partial charge in [-0.15, -0.1) is 0 Å². The Bertz CT molecular complexity index is 953. The van der Waals surface area contributed by atoms with Crippen molar-refractivity contribution in [1.29, 1.82) is 0 Å². The second kappa shape index (κ2) is 8.77. The molecular weight excluding hydrogens is 363 g/mol. The van der Waals surface area contributed by atoms with Crippen LogP contribution in [0.2, 0.25) is 0 Å². The number of nitrogens with one attached hydrogen (secondary N) is 1. The highest BCUT2D eigenvalue weighted by Crippen LogP contribution is 2.34. The van der Waals surface area contributed by atoms with Gasteiger partial charge in [0.25, 0.3) is 5.91 Å². The Morgan fingerprint density at radius 1 is 1.21 bits per heavy atom. The molecule has 0 radical (unpaired) electrons. The molecule has 0 bridgehead atoms. The van der Waals surface area contributed by atoms with Gasteiger partial charge in [0, 0.05) is 24.3 Å². The van der Waals surface area contributed by atoms with Gasteiger partial charge in [-0.05, 0) is 43.2 Å². The molecular formula is C21H21FN2O4. The minimum absolute atomic E-state index is 0.0628. The predicted octanol–water partition coefficient (Wildman–Crippen LogP) is 2.93. The molecule has 0 saturated heterocycles. The van der Waals surface area contributed by atoms with Gasteiger partial charge in [-0.3, -0.25) is 4.79 Å². The van der Waals surface area contributed by atoms with Crippen LogP contribution in [0, 0.1) is 12.7 Å². The van der Waals surface area contributed by atoms with Gasteiger partial charge in [0.1, 0.15) is 17.3 Å². The number of aliphatic hydroxyl groups excluding tert-OH is 2. The van der Waals surface area contributed by atoms with Crippen molar-refractivity contribution in [3.63, 3.8) is 0 Å². The molecule has 1 unspecified atom stereocenters. The van der Waals surface area contributed by atoms with Gasteiger partial charge in [0.05, 0.1) is 11.7 Å². The Morgan fingerprint density at radius 3 is 2.64 bits per heavy atom. The molecule has 0 fully saturated rings. The van der Waals surface area contributed by atoms with Crippen molar-refractivity contribution in [3.8, 4) is 22.4 Å². The van der Waals surface area contributed by atoms with Crippen LogP contribution >= 0.6 is 0 Å². The summed E-state index contributed by atoms with van der Waals surface area (Å²) in [7, 11) is 0. The Kier molecular flexibility index (Phi) is 6.18. The number of halogens is 1. The van der Waals surface area contributed by atoms with Crippen LogP contribution in [0.3, 0.4) is 0 Å². The summed E-state index contributed by atoms with van der Waals surface area (Å²) in [4.78, 5) is 12.2. The third-order valence-electron chi connectivity index (χ3n) is 4.36. The molecule has 3 rings (SSSR count). The molecule has 7 heteroatoms. The van der Waals surface area contributed by atoms with Crippen LogP contribution in [-0.2, 0) is 0 Å². The number of aliphatic hydroxyl groups is 2. The summed E-state index contributed by atoms with van der Waals surface area (Å²) < 4.78 is 18.9. The van der Waals surface area contributed by atoms with E-state index in [4.69, 9.17) is 9.63 Å². The summed E-state index contributed by atoms with van der Waals surface area (Å²) in [6.07, 6.45) is -0.590. The number of aryl methyl sites for hydroxylation is 1. The van der Waals surface area contributed by atoms with Crippen LogP contribution in [0.5, 0.6) is 0 Å². The van der Waals surface area contributed by atoms with E-state index in [0.717, 1.165) is 5.56 Å². The maximum atomic E-state index is 13.6. The molecule has 1 atom stereocenters. The quantitative estimate of drug-likeness (QED) is 0.582. The first-order valence-corrected chi connectivity index (χ1v) is 8.89. The summed E-state index contributed by atoms with van der Waals surface area (Å²) in [5.74, 6) is -0.107. The van der Waals surface area contributed by atoms with Crippen molar-refractivity contribution in [1.82, 2.24) is 10.5 Å². The molecule has 0 aliphatic rings. The molecule has 1 heterocycles. The second-order valence-electron chi connectivity index (χ2n) is 6.43. The van der Waals surface area contributed by atoms with Gasteiger partial charge < -0.3 is 20.1 Å². The van der Waals surface area contributed by atoms with E-state index in [1.54, 1.807) is 43.3 Å². The fourth-order valence-corrected chi connectivity index (χ4v) is 2.90. The number of amides is 1. The van der Waals surface area contributed by atoms with Crippen molar-refractivity contribution in [2.45, 2.75) is 19.4 Å². The van der Waals surface area contributed by atoms with Crippen molar-refractivity contribution in [2.75, 3.05) is 13.2 Å². The SMILES string of the molecule is Cc1onc(-c2ccc(C(=O)NCC(O)CCO)cc2)c1-c1cccc(F)c1. The predicted molar refractivity (Wildman–Crippen MR) is 102 cm³/mol. The van der Waals surface area contributed by atoms with Crippen LogP contribution in [0.25, 0.3) is 22.4 Å². The first-order chi connectivity index (χ1) is 13.5. The van der Waals surface area contributed by atoms with E-state index in [9.17, 15) is 14.3 Å². The van der Waals surface area contributed by atoms with E-state index in [2.05, 4.69) is 10.5 Å². The van der Waals surface area contributed by atoms with Crippen LogP contribution in [0.15, 0.2) is 53.1 Å². The fraction of sp³-hybridized carbons (Fsp3) is 0.238. The Morgan fingerprint density at radius 2 is 1.96 bits per heavy atom. The number of carbonyl (C=O) groups excluding carboxylic acids is 1. The third-order valence-corrected chi connectivity index (χ3v) is 4.36. The van der Waals surface area contributed by atoms with Gasteiger partial charge in [-0.1, -0.05) is 29.4 Å². The van der Waals surface area contributed by atoms with Crippen molar-refractivity contribution in [2.24, 2.45) is 0 Å². The molecule has 2 aromatic carbocycles. The molecule has 28 heavy (non-hydrogen) atoms. The third kappa shape index (κ3) is 4.44. The van der Waals surface area contributed by atoms with Gasteiger partial charge in [-0.25, -0.2) is 4.39 Å². The molecule has 3 aromatic rings. The maximum absolute atomic E-state index is 13.6. The minimum atomic E-state index is -0.792. The molecule has 3 N–H and O–H groups in total. The number of nitrogens with zero attached hydrogens (tertiary/aromatic N) is 1. The lowest BCUT2D eigenvalue weighted by molar-refractivity contribution is 0.0890. The van der Waals surface area contributed by atoms with Crippen LogP contribution in [0.4, 0.5) is 4.39 Å². The van der Waals surface area contributed by atoms with Crippen molar-refractivity contribution in [3.05, 3.63) is 65.7 Å². The van der Waals surface area contributed by atoms with E-state index in [1.807, 2.05) is 0 Å². The lowest BCUT2D eigenvalue weighted by atomic mass is 9.98. The standard InChI is InChI=1S/C21H21FN2O4/c1-13-19(16-3-2-4-17(22)11-16)20(24-28-13)14-5-7-15(8-6-14)21(27)23-12-18(26)9-10-25/h2-8,11,18,25-26H,9-10,12H2,1H3,(H,23,27). The monoisotopic (exact) mass is 384 g/mol. The molecule has 0 saturated carbocycles. The van der Waals surface area contributed by atoms with E-state index in [-0.39, 0.29) is 31.3 Å². The van der Waals surface area contributed by atoms with Crippen LogP contribution < -0.4 is 5.32 Å². The minimum Gasteiger partial charge on any atom is -0.396 e. The maximum Gasteiger partial charge on any atom is 0.251 e. The molecule has 6 nitrogen and oxygen atoms in total. The highest BCUT2D eigenvalue weighted by molar-refractivity contribution is 5.95. The molecule has 0 aliphatic carbocycles. The lowest BCUT2D eigenvalue weighted by Crippen LogP contribution is -2.32. The molecule has 1 amide bonds. The number of aromatic nitrogens is 1. The van der Waals surface area contributed by atoms with Crippen LogP contribution in [-0.4, -0.2) is 40.5 Å². The average Bonchev–Trinajstić information content (AvgIpc) is 3.08. The fourth-order valence-electron chi connectivity index (χ4n) is 2.90. The second-order valence-corrected chi connectivity index (χ2v) is 6.43. The number of hydrogen-bond acceptors (Lipinski definition) is 5. The van der Waals surface area contributed by atoms with Crippen LogP contribution in [0.1, 0.15) is 22.5 Å². The summed E-state index contributed by atoms with van der Waals surface area (Å²) in [6, 6.07) is 13.0. The van der Waals surface area contributed by atoms with Gasteiger partial charge >= 0.3 is 0 Å². The Labute approximate surface area is 161 Å². The van der Waals surface area contributed by atoms with E-state index < -0.39 is 6.10 Å². The molecule has 1 aromatic heterocycles. The smallest absolute Gasteiger partial charge is 0.251 e. The Hall–Kier alpha value is -3.03. The van der Waals surface area contributed by atoms with Crippen molar-refractivity contribution >= 4 is 5.91 Å². The number of rotatable bonds is 7. The summed E-state index contributed by atoms with van der Waals surface area (Å²) in [5, 5.41) is 25.1. The van der Waals surface area contributed by atoms with E-state index >= 15 is 0 Å². The normalized spacial score (nSPS) is 12.0. The van der Waals surface area contributed by atoms with E-state index in [1.165, 1.54) is 12.1 Å². The zero-order valence-electron chi connectivity index (χ0n) is 15.4. The zero-order valence-corrected chi connectivity index (χ0v) is 15.4. The molecule has 0 aliphatic heterocycles. The highest BCUT2D eigenvalue weighted by Gasteiger charge is 2.17. The first-order valence-electron chi connectivity index (χ1n) is 8.89. The molecule has 146 valence electrons. The van der Waals surface area contributed by atoms with E-state index in [0.29, 0.717) is 28.1 Å². The first kappa shape index (κ1) is 19.7. The number of hydrogen-bond donors (Lipinski definition) is 3. The zero-order chi connectivity index (χ0) is 20.1. The van der Waals surface area contributed by atoms with Gasteiger partial charge in [0.2, 0.25) is 0 Å². The summed E-state index contributed by atoms with van der Waals surface area (Å²) in [6.45, 7) is 1.68. The van der Waals surface area contributed by atoms with Gasteiger partial charge in [0.15, 0.2) is 0 Å². The lowest BCUT2D eigenvalue weighted by Gasteiger charge is -2.10. The molecule has 0 spiro atoms. The number of benzene rings is 2. The van der Waals surface area contributed by atoms with Gasteiger partial charge in [-0.2, -0.15) is 0 Å².